The normalized spacial score (nSPS) is 11.8. The Bertz CT molecular complexity index is 596. The van der Waals surface area contributed by atoms with Crippen LogP contribution in [-0.2, 0) is 11.8 Å². The predicted molar refractivity (Wildman–Crippen MR) is 81.5 cm³/mol. The molecule has 0 spiro atoms. The van der Waals surface area contributed by atoms with E-state index in [2.05, 4.69) is 60.0 Å². The van der Waals surface area contributed by atoms with Crippen LogP contribution in [-0.4, -0.2) is 15.0 Å². The van der Waals surface area contributed by atoms with E-state index in [1.54, 1.807) is 0 Å². The second-order valence-corrected chi connectivity index (χ2v) is 6.53. The number of anilines is 1. The molecular formula is C14H19BrN4. The first-order chi connectivity index (χ1) is 8.84. The zero-order valence-electron chi connectivity index (χ0n) is 11.7. The minimum absolute atomic E-state index is 0.105. The van der Waals surface area contributed by atoms with Gasteiger partial charge in [-0.1, -0.05) is 48.8 Å². The molecule has 1 heterocycles. The Hall–Kier alpha value is -1.36. The maximum absolute atomic E-state index is 5.98. The molecule has 0 aliphatic rings. The smallest absolute Gasteiger partial charge is 0.170 e. The number of halogens is 1. The van der Waals surface area contributed by atoms with Crippen LogP contribution in [0.4, 0.5) is 5.82 Å². The van der Waals surface area contributed by atoms with E-state index in [1.165, 1.54) is 5.56 Å². The second-order valence-electron chi connectivity index (χ2n) is 5.61. The van der Waals surface area contributed by atoms with Gasteiger partial charge in [0.15, 0.2) is 5.82 Å². The van der Waals surface area contributed by atoms with Crippen molar-refractivity contribution in [3.63, 3.8) is 0 Å². The molecule has 0 aliphatic carbocycles. The van der Waals surface area contributed by atoms with Gasteiger partial charge in [-0.15, -0.1) is 5.10 Å². The van der Waals surface area contributed by atoms with E-state index in [-0.39, 0.29) is 5.41 Å². The number of rotatable bonds is 2. The van der Waals surface area contributed by atoms with Crippen molar-refractivity contribution in [3.8, 4) is 5.69 Å². The molecule has 1 aromatic heterocycles. The van der Waals surface area contributed by atoms with Gasteiger partial charge in [-0.2, -0.15) is 0 Å². The Balaban J connectivity index is 2.67. The van der Waals surface area contributed by atoms with Gasteiger partial charge in [0.2, 0.25) is 0 Å². The molecular weight excluding hydrogens is 304 g/mol. The number of benzene rings is 1. The minimum atomic E-state index is -0.105. The van der Waals surface area contributed by atoms with Gasteiger partial charge in [0.1, 0.15) is 0 Å². The third kappa shape index (κ3) is 2.66. The highest BCUT2D eigenvalue weighted by molar-refractivity contribution is 9.10. The molecule has 0 radical (unpaired) electrons. The highest BCUT2D eigenvalue weighted by atomic mass is 79.9. The number of nitrogens with two attached hydrogens (primary N) is 1. The number of nitrogens with zero attached hydrogens (tertiary/aromatic N) is 3. The van der Waals surface area contributed by atoms with Gasteiger partial charge in [0.25, 0.3) is 0 Å². The summed E-state index contributed by atoms with van der Waals surface area (Å²) in [5.74, 6) is 0.498. The van der Waals surface area contributed by atoms with Crippen LogP contribution in [0.25, 0.3) is 5.69 Å². The minimum Gasteiger partial charge on any atom is -0.381 e. The standard InChI is InChI=1S/C14H19BrN4/c1-5-9-8-10(15)6-7-11(9)19-12(14(2,3)4)13(16)17-18-19/h6-8H,5,16H2,1-4H3. The van der Waals surface area contributed by atoms with E-state index in [9.17, 15) is 0 Å². The van der Waals surface area contributed by atoms with Crippen molar-refractivity contribution >= 4 is 21.7 Å². The molecule has 0 bridgehead atoms. The number of hydrogen-bond acceptors (Lipinski definition) is 3. The number of aromatic nitrogens is 3. The summed E-state index contributed by atoms with van der Waals surface area (Å²) in [4.78, 5) is 0. The Morgan fingerprint density at radius 3 is 2.58 bits per heavy atom. The van der Waals surface area contributed by atoms with E-state index in [4.69, 9.17) is 5.73 Å². The molecule has 0 saturated heterocycles. The fourth-order valence-electron chi connectivity index (χ4n) is 2.21. The van der Waals surface area contributed by atoms with Crippen LogP contribution in [0.15, 0.2) is 22.7 Å². The third-order valence-electron chi connectivity index (χ3n) is 3.06. The average Bonchev–Trinajstić information content (AvgIpc) is 2.70. The molecule has 0 aliphatic heterocycles. The average molecular weight is 323 g/mol. The Kier molecular flexibility index (Phi) is 3.67. The van der Waals surface area contributed by atoms with E-state index >= 15 is 0 Å². The van der Waals surface area contributed by atoms with Crippen molar-refractivity contribution in [2.24, 2.45) is 0 Å². The molecule has 5 heteroatoms. The first-order valence-corrected chi connectivity index (χ1v) is 7.14. The molecule has 2 rings (SSSR count). The summed E-state index contributed by atoms with van der Waals surface area (Å²) in [5.41, 5.74) is 9.08. The summed E-state index contributed by atoms with van der Waals surface area (Å²) >= 11 is 3.50. The fraction of sp³-hybridized carbons (Fsp3) is 0.429. The lowest BCUT2D eigenvalue weighted by atomic mass is 9.91. The molecule has 0 atom stereocenters. The maximum atomic E-state index is 5.98. The van der Waals surface area contributed by atoms with Crippen LogP contribution >= 0.6 is 15.9 Å². The summed E-state index contributed by atoms with van der Waals surface area (Å²) < 4.78 is 2.93. The second kappa shape index (κ2) is 4.96. The molecule has 19 heavy (non-hydrogen) atoms. The summed E-state index contributed by atoms with van der Waals surface area (Å²) in [7, 11) is 0. The van der Waals surface area contributed by atoms with Gasteiger partial charge >= 0.3 is 0 Å². The predicted octanol–water partition coefficient (Wildman–Crippen LogP) is 3.47. The number of nitrogen functional groups attached to an aromatic ring is 1. The van der Waals surface area contributed by atoms with Gasteiger partial charge < -0.3 is 5.73 Å². The van der Waals surface area contributed by atoms with Crippen LogP contribution in [0.2, 0.25) is 0 Å². The summed E-state index contributed by atoms with van der Waals surface area (Å²) in [5, 5.41) is 8.25. The zero-order valence-corrected chi connectivity index (χ0v) is 13.3. The van der Waals surface area contributed by atoms with E-state index in [0.717, 1.165) is 22.3 Å². The highest BCUT2D eigenvalue weighted by Gasteiger charge is 2.25. The molecule has 102 valence electrons. The largest absolute Gasteiger partial charge is 0.381 e. The molecule has 0 unspecified atom stereocenters. The first-order valence-electron chi connectivity index (χ1n) is 6.35. The van der Waals surface area contributed by atoms with E-state index < -0.39 is 0 Å². The summed E-state index contributed by atoms with van der Waals surface area (Å²) in [6.45, 7) is 8.47. The SMILES string of the molecule is CCc1cc(Br)ccc1-n1nnc(N)c1C(C)(C)C. The molecule has 0 fully saturated rings. The van der Waals surface area contributed by atoms with Gasteiger partial charge in [0, 0.05) is 9.89 Å². The molecule has 2 aromatic rings. The quantitative estimate of drug-likeness (QED) is 0.920. The van der Waals surface area contributed by atoms with E-state index in [1.807, 2.05) is 16.8 Å². The number of hydrogen-bond donors (Lipinski definition) is 1. The van der Waals surface area contributed by atoms with Crippen LogP contribution in [0.1, 0.15) is 39.0 Å². The summed E-state index contributed by atoms with van der Waals surface area (Å²) in [6.07, 6.45) is 0.929. The lowest BCUT2D eigenvalue weighted by Crippen LogP contribution is -2.19. The lowest BCUT2D eigenvalue weighted by molar-refractivity contribution is 0.543. The van der Waals surface area contributed by atoms with Gasteiger partial charge in [0.05, 0.1) is 11.4 Å². The zero-order chi connectivity index (χ0) is 14.2. The van der Waals surface area contributed by atoms with Crippen molar-refractivity contribution in [2.75, 3.05) is 5.73 Å². The van der Waals surface area contributed by atoms with Gasteiger partial charge in [-0.25, -0.2) is 4.68 Å². The molecule has 2 N–H and O–H groups in total. The lowest BCUT2D eigenvalue weighted by Gasteiger charge is -2.21. The van der Waals surface area contributed by atoms with Gasteiger partial charge in [-0.3, -0.25) is 0 Å². The molecule has 4 nitrogen and oxygen atoms in total. The van der Waals surface area contributed by atoms with Crippen LogP contribution in [0.3, 0.4) is 0 Å². The molecule has 0 amide bonds. The molecule has 1 aromatic carbocycles. The van der Waals surface area contributed by atoms with Crippen molar-refractivity contribution in [2.45, 2.75) is 39.5 Å². The fourth-order valence-corrected chi connectivity index (χ4v) is 2.62. The number of aryl methyl sites for hydroxylation is 1. The van der Waals surface area contributed by atoms with Crippen molar-refractivity contribution < 1.29 is 0 Å². The summed E-state index contributed by atoms with van der Waals surface area (Å²) in [6, 6.07) is 6.17. The first kappa shape index (κ1) is 14.1. The Morgan fingerprint density at radius 2 is 2.00 bits per heavy atom. The highest BCUT2D eigenvalue weighted by Crippen LogP contribution is 2.30. The van der Waals surface area contributed by atoms with Crippen LogP contribution < -0.4 is 5.73 Å². The third-order valence-corrected chi connectivity index (χ3v) is 3.55. The topological polar surface area (TPSA) is 56.7 Å². The van der Waals surface area contributed by atoms with E-state index in [0.29, 0.717) is 5.82 Å². The van der Waals surface area contributed by atoms with Crippen molar-refractivity contribution in [1.29, 1.82) is 0 Å². The van der Waals surface area contributed by atoms with Crippen LogP contribution in [0, 0.1) is 0 Å². The van der Waals surface area contributed by atoms with Crippen molar-refractivity contribution in [1.82, 2.24) is 15.0 Å². The molecule has 0 saturated carbocycles. The van der Waals surface area contributed by atoms with Crippen molar-refractivity contribution in [3.05, 3.63) is 33.9 Å². The Labute approximate surface area is 122 Å². The Morgan fingerprint density at radius 1 is 1.32 bits per heavy atom. The van der Waals surface area contributed by atoms with Gasteiger partial charge in [-0.05, 0) is 30.2 Å². The maximum Gasteiger partial charge on any atom is 0.170 e. The van der Waals surface area contributed by atoms with Crippen LogP contribution in [0.5, 0.6) is 0 Å². The monoisotopic (exact) mass is 322 g/mol.